The Labute approximate surface area is 133 Å². The van der Waals surface area contributed by atoms with E-state index >= 15 is 0 Å². The van der Waals surface area contributed by atoms with Crippen molar-refractivity contribution in [3.63, 3.8) is 0 Å². The summed E-state index contributed by atoms with van der Waals surface area (Å²) in [5, 5.41) is 0. The van der Waals surface area contributed by atoms with Crippen LogP contribution in [0.3, 0.4) is 0 Å². The van der Waals surface area contributed by atoms with Gasteiger partial charge in [-0.15, -0.1) is 0 Å². The SMILES string of the molecule is CCCCCCCCN1C=CN(C(C)C)C1CCCCC. The molecule has 124 valence electrons. The molecule has 1 heterocycles. The molecule has 0 spiro atoms. The number of hydrogen-bond acceptors (Lipinski definition) is 2. The normalized spacial score (nSPS) is 18.2. The van der Waals surface area contributed by atoms with Crippen LogP contribution in [0.25, 0.3) is 0 Å². The molecule has 0 N–H and O–H groups in total. The van der Waals surface area contributed by atoms with Gasteiger partial charge in [0.15, 0.2) is 0 Å². The number of nitrogens with zero attached hydrogens (tertiary/aromatic N) is 2. The third kappa shape index (κ3) is 6.76. The zero-order valence-corrected chi connectivity index (χ0v) is 15.0. The van der Waals surface area contributed by atoms with E-state index in [2.05, 4.69) is 49.9 Å². The Bertz CT molecular complexity index is 273. The molecule has 2 heteroatoms. The first-order valence-corrected chi connectivity index (χ1v) is 9.42. The van der Waals surface area contributed by atoms with E-state index in [1.54, 1.807) is 0 Å². The highest BCUT2D eigenvalue weighted by molar-refractivity contribution is 4.98. The highest BCUT2D eigenvalue weighted by atomic mass is 15.4. The smallest absolute Gasteiger partial charge is 0.101 e. The fourth-order valence-electron chi connectivity index (χ4n) is 3.24. The molecular weight excluding hydrogens is 256 g/mol. The Morgan fingerprint density at radius 3 is 2.10 bits per heavy atom. The van der Waals surface area contributed by atoms with Crippen molar-refractivity contribution in [2.45, 2.75) is 104 Å². The van der Waals surface area contributed by atoms with Crippen LogP contribution in [-0.2, 0) is 0 Å². The molecule has 21 heavy (non-hydrogen) atoms. The lowest BCUT2D eigenvalue weighted by atomic mass is 10.1. The molecule has 0 saturated carbocycles. The molecular formula is C19H38N2. The van der Waals surface area contributed by atoms with Crippen molar-refractivity contribution in [1.82, 2.24) is 9.80 Å². The van der Waals surface area contributed by atoms with E-state index in [9.17, 15) is 0 Å². The van der Waals surface area contributed by atoms with Gasteiger partial charge in [0, 0.05) is 25.0 Å². The van der Waals surface area contributed by atoms with Gasteiger partial charge in [0.05, 0.1) is 0 Å². The van der Waals surface area contributed by atoms with Crippen molar-refractivity contribution in [2.24, 2.45) is 0 Å². The van der Waals surface area contributed by atoms with E-state index in [0.717, 1.165) is 0 Å². The van der Waals surface area contributed by atoms with Crippen LogP contribution in [0, 0.1) is 0 Å². The summed E-state index contributed by atoms with van der Waals surface area (Å²) in [7, 11) is 0. The molecule has 2 nitrogen and oxygen atoms in total. The molecule has 0 bridgehead atoms. The lowest BCUT2D eigenvalue weighted by molar-refractivity contribution is 0.114. The highest BCUT2D eigenvalue weighted by Crippen LogP contribution is 2.24. The molecule has 0 amide bonds. The minimum Gasteiger partial charge on any atom is -0.356 e. The van der Waals surface area contributed by atoms with Crippen molar-refractivity contribution < 1.29 is 0 Å². The average Bonchev–Trinajstić information content (AvgIpc) is 2.86. The quantitative estimate of drug-likeness (QED) is 0.423. The number of rotatable bonds is 12. The largest absolute Gasteiger partial charge is 0.356 e. The molecule has 1 rings (SSSR count). The fraction of sp³-hybridized carbons (Fsp3) is 0.895. The molecule has 0 fully saturated rings. The number of hydrogen-bond donors (Lipinski definition) is 0. The summed E-state index contributed by atoms with van der Waals surface area (Å²) in [4.78, 5) is 5.14. The van der Waals surface area contributed by atoms with Gasteiger partial charge in [0.1, 0.15) is 6.17 Å². The van der Waals surface area contributed by atoms with Crippen molar-refractivity contribution in [1.29, 1.82) is 0 Å². The van der Waals surface area contributed by atoms with E-state index in [1.807, 2.05) is 0 Å². The second-order valence-corrected chi connectivity index (χ2v) is 6.82. The Morgan fingerprint density at radius 2 is 1.43 bits per heavy atom. The summed E-state index contributed by atoms with van der Waals surface area (Å²) in [6.07, 6.45) is 19.0. The van der Waals surface area contributed by atoms with Gasteiger partial charge in [-0.05, 0) is 33.1 Å². The highest BCUT2D eigenvalue weighted by Gasteiger charge is 2.26. The molecule has 0 saturated heterocycles. The summed E-state index contributed by atoms with van der Waals surface area (Å²) >= 11 is 0. The third-order valence-corrected chi connectivity index (χ3v) is 4.59. The van der Waals surface area contributed by atoms with Gasteiger partial charge >= 0.3 is 0 Å². The Kier molecular flexibility index (Phi) is 9.62. The van der Waals surface area contributed by atoms with Crippen LogP contribution in [0.5, 0.6) is 0 Å². The average molecular weight is 295 g/mol. The van der Waals surface area contributed by atoms with E-state index in [1.165, 1.54) is 70.8 Å². The standard InChI is InChI=1S/C19H38N2/c1-5-7-9-10-11-13-15-20-16-17-21(18(3)4)19(20)14-12-8-6-2/h16-19H,5-15H2,1-4H3. The minimum absolute atomic E-state index is 0.613. The lowest BCUT2D eigenvalue weighted by Crippen LogP contribution is -2.42. The van der Waals surface area contributed by atoms with Crippen molar-refractivity contribution >= 4 is 0 Å². The molecule has 1 atom stereocenters. The van der Waals surface area contributed by atoms with Gasteiger partial charge in [0.2, 0.25) is 0 Å². The summed E-state index contributed by atoms with van der Waals surface area (Å²) in [6, 6.07) is 0.613. The van der Waals surface area contributed by atoms with Gasteiger partial charge in [-0.25, -0.2) is 0 Å². The van der Waals surface area contributed by atoms with Crippen molar-refractivity contribution in [3.8, 4) is 0 Å². The lowest BCUT2D eigenvalue weighted by Gasteiger charge is -2.35. The monoisotopic (exact) mass is 294 g/mol. The molecule has 1 unspecified atom stereocenters. The predicted molar refractivity (Wildman–Crippen MR) is 94.1 cm³/mol. The fourth-order valence-corrected chi connectivity index (χ4v) is 3.24. The first kappa shape index (κ1) is 18.4. The molecule has 0 radical (unpaired) electrons. The Morgan fingerprint density at radius 1 is 0.810 bits per heavy atom. The second kappa shape index (κ2) is 11.0. The summed E-state index contributed by atoms with van der Waals surface area (Å²) in [5.74, 6) is 0. The summed E-state index contributed by atoms with van der Waals surface area (Å²) in [5.41, 5.74) is 0. The van der Waals surface area contributed by atoms with Crippen LogP contribution in [0.15, 0.2) is 12.4 Å². The van der Waals surface area contributed by atoms with Gasteiger partial charge in [-0.2, -0.15) is 0 Å². The van der Waals surface area contributed by atoms with Gasteiger partial charge < -0.3 is 9.80 Å². The van der Waals surface area contributed by atoms with Crippen molar-refractivity contribution in [3.05, 3.63) is 12.4 Å². The zero-order valence-electron chi connectivity index (χ0n) is 15.0. The third-order valence-electron chi connectivity index (χ3n) is 4.59. The van der Waals surface area contributed by atoms with E-state index in [0.29, 0.717) is 12.2 Å². The number of unbranched alkanes of at least 4 members (excludes halogenated alkanes) is 7. The molecule has 0 aromatic heterocycles. The Balaban J connectivity index is 2.31. The molecule has 0 aromatic rings. The van der Waals surface area contributed by atoms with Crippen molar-refractivity contribution in [2.75, 3.05) is 6.54 Å². The minimum atomic E-state index is 0.613. The maximum atomic E-state index is 2.59. The van der Waals surface area contributed by atoms with Gasteiger partial charge in [-0.3, -0.25) is 0 Å². The van der Waals surface area contributed by atoms with Crippen LogP contribution in [-0.4, -0.2) is 28.6 Å². The maximum absolute atomic E-state index is 2.59. The zero-order chi connectivity index (χ0) is 15.5. The summed E-state index contributed by atoms with van der Waals surface area (Å²) < 4.78 is 0. The molecule has 0 aromatic carbocycles. The topological polar surface area (TPSA) is 6.48 Å². The van der Waals surface area contributed by atoms with Crippen LogP contribution in [0.1, 0.15) is 91.9 Å². The first-order valence-electron chi connectivity index (χ1n) is 9.42. The van der Waals surface area contributed by atoms with E-state index < -0.39 is 0 Å². The van der Waals surface area contributed by atoms with Crippen LogP contribution in [0.4, 0.5) is 0 Å². The van der Waals surface area contributed by atoms with Crippen LogP contribution in [0.2, 0.25) is 0 Å². The van der Waals surface area contributed by atoms with Crippen LogP contribution < -0.4 is 0 Å². The van der Waals surface area contributed by atoms with E-state index in [-0.39, 0.29) is 0 Å². The molecule has 1 aliphatic rings. The van der Waals surface area contributed by atoms with Crippen LogP contribution >= 0.6 is 0 Å². The van der Waals surface area contributed by atoms with Gasteiger partial charge in [-0.1, -0.05) is 58.8 Å². The second-order valence-electron chi connectivity index (χ2n) is 6.82. The first-order chi connectivity index (χ1) is 10.2. The molecule has 0 aliphatic carbocycles. The molecule has 1 aliphatic heterocycles. The van der Waals surface area contributed by atoms with E-state index in [4.69, 9.17) is 0 Å². The predicted octanol–water partition coefficient (Wildman–Crippen LogP) is 5.75. The summed E-state index contributed by atoms with van der Waals surface area (Å²) in [6.45, 7) is 10.4. The van der Waals surface area contributed by atoms with Gasteiger partial charge in [0.25, 0.3) is 0 Å². The Hall–Kier alpha value is -0.660. The maximum Gasteiger partial charge on any atom is 0.101 e.